The van der Waals surface area contributed by atoms with Crippen LogP contribution in [0.3, 0.4) is 0 Å². The lowest BCUT2D eigenvalue weighted by Crippen LogP contribution is -2.45. The van der Waals surface area contributed by atoms with Gasteiger partial charge in [-0.1, -0.05) is 37.8 Å². The average molecular weight is 380 g/mol. The smallest absolute Gasteiger partial charge is 0.227 e. The predicted octanol–water partition coefficient (Wildman–Crippen LogP) is 1.80. The molecule has 3 N–H and O–H groups in total. The summed E-state index contributed by atoms with van der Waals surface area (Å²) in [6.07, 6.45) is 6.67. The molecule has 27 heavy (non-hydrogen) atoms. The van der Waals surface area contributed by atoms with Gasteiger partial charge < -0.3 is 20.5 Å². The van der Waals surface area contributed by atoms with Gasteiger partial charge in [-0.25, -0.2) is 0 Å². The van der Waals surface area contributed by atoms with E-state index in [0.29, 0.717) is 31.1 Å². The Balaban J connectivity index is 1.93. The number of hydrogen-bond donors (Lipinski definition) is 3. The second-order valence-corrected chi connectivity index (χ2v) is 7.45. The first kappa shape index (κ1) is 21.3. The van der Waals surface area contributed by atoms with E-state index in [2.05, 4.69) is 26.1 Å². The molecule has 0 aromatic carbocycles. The third kappa shape index (κ3) is 6.61. The fourth-order valence-corrected chi connectivity index (χ4v) is 3.62. The Morgan fingerprint density at radius 3 is 2.56 bits per heavy atom. The zero-order valence-electron chi connectivity index (χ0n) is 16.8. The molecule has 0 aliphatic heterocycles. The van der Waals surface area contributed by atoms with Crippen LogP contribution in [0.2, 0.25) is 0 Å². The van der Waals surface area contributed by atoms with Crippen LogP contribution < -0.4 is 16.0 Å². The minimum atomic E-state index is -0.548. The summed E-state index contributed by atoms with van der Waals surface area (Å²) in [7, 11) is 0. The fourth-order valence-electron chi connectivity index (χ4n) is 3.62. The second kappa shape index (κ2) is 10.4. The molecule has 0 radical (unpaired) electrons. The second-order valence-electron chi connectivity index (χ2n) is 7.45. The van der Waals surface area contributed by atoms with Crippen molar-refractivity contribution in [3.63, 3.8) is 0 Å². The van der Waals surface area contributed by atoms with Crippen molar-refractivity contribution in [1.29, 1.82) is 0 Å². The topological polar surface area (TPSA) is 109 Å². The molecule has 152 valence electrons. The lowest BCUT2D eigenvalue weighted by atomic mass is 9.89. The molecular weight excluding hydrogens is 346 g/mol. The summed E-state index contributed by atoms with van der Waals surface area (Å²) in [5.41, 5.74) is -0.548. The maximum atomic E-state index is 12.0. The molecule has 2 amide bonds. The molecule has 8 nitrogen and oxygen atoms in total. The van der Waals surface area contributed by atoms with E-state index in [1.165, 1.54) is 6.92 Å². The molecule has 2 rings (SSSR count). The first-order valence-electron chi connectivity index (χ1n) is 10.1. The third-order valence-electron chi connectivity index (χ3n) is 4.99. The summed E-state index contributed by atoms with van der Waals surface area (Å²) in [4.78, 5) is 28.3. The minimum Gasteiger partial charge on any atom is -0.355 e. The maximum absolute atomic E-state index is 12.0. The fraction of sp³-hybridized carbons (Fsp3) is 0.789. The number of aryl methyl sites for hydroxylation is 1. The van der Waals surface area contributed by atoms with Gasteiger partial charge in [0.25, 0.3) is 0 Å². The molecule has 0 unspecified atom stereocenters. The van der Waals surface area contributed by atoms with Crippen LogP contribution in [0.5, 0.6) is 0 Å². The Bertz CT molecular complexity index is 608. The SMILES string of the molecule is CCN[C@H](C)CNC(=O)CCc1nc(C2(NC(C)=O)CCCCCC2)no1. The predicted molar refractivity (Wildman–Crippen MR) is 102 cm³/mol. The van der Waals surface area contributed by atoms with E-state index in [0.717, 1.165) is 45.1 Å². The molecule has 1 aromatic rings. The van der Waals surface area contributed by atoms with Crippen LogP contribution in [0.1, 0.15) is 77.4 Å². The summed E-state index contributed by atoms with van der Waals surface area (Å²) < 4.78 is 5.38. The molecule has 1 heterocycles. The number of rotatable bonds is 9. The van der Waals surface area contributed by atoms with E-state index < -0.39 is 5.54 Å². The van der Waals surface area contributed by atoms with Crippen molar-refractivity contribution in [2.24, 2.45) is 0 Å². The molecule has 1 aromatic heterocycles. The summed E-state index contributed by atoms with van der Waals surface area (Å²) in [6.45, 7) is 7.05. The van der Waals surface area contributed by atoms with Crippen LogP contribution >= 0.6 is 0 Å². The first-order valence-corrected chi connectivity index (χ1v) is 10.1. The highest BCUT2D eigenvalue weighted by Crippen LogP contribution is 2.34. The van der Waals surface area contributed by atoms with E-state index in [1.807, 2.05) is 13.8 Å². The highest BCUT2D eigenvalue weighted by molar-refractivity contribution is 5.76. The monoisotopic (exact) mass is 379 g/mol. The Morgan fingerprint density at radius 2 is 1.93 bits per heavy atom. The van der Waals surface area contributed by atoms with Crippen LogP contribution in [-0.2, 0) is 21.5 Å². The van der Waals surface area contributed by atoms with Gasteiger partial charge in [-0.15, -0.1) is 0 Å². The molecule has 1 aliphatic rings. The van der Waals surface area contributed by atoms with E-state index >= 15 is 0 Å². The molecule has 1 aliphatic carbocycles. The summed E-state index contributed by atoms with van der Waals surface area (Å²) in [6, 6.07) is 0.238. The van der Waals surface area contributed by atoms with Crippen LogP contribution in [0.25, 0.3) is 0 Å². The molecular formula is C19H33N5O3. The van der Waals surface area contributed by atoms with Crippen molar-refractivity contribution in [1.82, 2.24) is 26.1 Å². The number of nitrogens with zero attached hydrogens (tertiary/aromatic N) is 2. The van der Waals surface area contributed by atoms with Crippen LogP contribution in [0, 0.1) is 0 Å². The molecule has 0 saturated heterocycles. The Labute approximate surface area is 161 Å². The van der Waals surface area contributed by atoms with Gasteiger partial charge in [-0.3, -0.25) is 9.59 Å². The zero-order valence-corrected chi connectivity index (χ0v) is 16.8. The molecule has 8 heteroatoms. The van der Waals surface area contributed by atoms with Crippen molar-refractivity contribution < 1.29 is 14.1 Å². The van der Waals surface area contributed by atoms with Gasteiger partial charge in [0.2, 0.25) is 17.7 Å². The molecule has 0 bridgehead atoms. The van der Waals surface area contributed by atoms with Gasteiger partial charge in [0, 0.05) is 32.4 Å². The average Bonchev–Trinajstić information content (AvgIpc) is 2.98. The molecule has 1 fully saturated rings. The number of aromatic nitrogens is 2. The Morgan fingerprint density at radius 1 is 1.22 bits per heavy atom. The quantitative estimate of drug-likeness (QED) is 0.565. The van der Waals surface area contributed by atoms with E-state index in [4.69, 9.17) is 4.52 Å². The van der Waals surface area contributed by atoms with Crippen molar-refractivity contribution >= 4 is 11.8 Å². The highest BCUT2D eigenvalue weighted by Gasteiger charge is 2.38. The van der Waals surface area contributed by atoms with Crippen molar-refractivity contribution in [3.8, 4) is 0 Å². The highest BCUT2D eigenvalue weighted by atomic mass is 16.5. The van der Waals surface area contributed by atoms with E-state index in [1.54, 1.807) is 0 Å². The number of carbonyl (C=O) groups excluding carboxylic acids is 2. The van der Waals surface area contributed by atoms with E-state index in [-0.39, 0.29) is 17.9 Å². The van der Waals surface area contributed by atoms with Gasteiger partial charge in [0.05, 0.1) is 0 Å². The zero-order chi connectivity index (χ0) is 19.7. The largest absolute Gasteiger partial charge is 0.355 e. The van der Waals surface area contributed by atoms with Crippen molar-refractivity contribution in [2.75, 3.05) is 13.1 Å². The van der Waals surface area contributed by atoms with Crippen LogP contribution in [0.4, 0.5) is 0 Å². The summed E-state index contributed by atoms with van der Waals surface area (Å²) in [5.74, 6) is 0.854. The number of hydrogen-bond acceptors (Lipinski definition) is 6. The van der Waals surface area contributed by atoms with Gasteiger partial charge in [0.1, 0.15) is 5.54 Å². The number of carbonyl (C=O) groups is 2. The van der Waals surface area contributed by atoms with Crippen LogP contribution in [-0.4, -0.2) is 41.1 Å². The van der Waals surface area contributed by atoms with Crippen LogP contribution in [0.15, 0.2) is 4.52 Å². The standard InChI is InChI=1S/C19H33N5O3/c1-4-20-14(2)13-21-16(26)9-10-17-22-18(24-27-17)19(23-15(3)25)11-7-5-6-8-12-19/h14,20H,4-13H2,1-3H3,(H,21,26)(H,23,25)/t14-/m1/s1. The number of likely N-dealkylation sites (N-methyl/N-ethyl adjacent to an activating group) is 1. The maximum Gasteiger partial charge on any atom is 0.227 e. The van der Waals surface area contributed by atoms with Crippen molar-refractivity contribution in [2.45, 2.75) is 83.7 Å². The number of amides is 2. The van der Waals surface area contributed by atoms with Crippen molar-refractivity contribution in [3.05, 3.63) is 11.7 Å². The van der Waals surface area contributed by atoms with Gasteiger partial charge in [-0.05, 0) is 26.3 Å². The Hall–Kier alpha value is -1.96. The lowest BCUT2D eigenvalue weighted by molar-refractivity contribution is -0.122. The molecule has 1 atom stereocenters. The summed E-state index contributed by atoms with van der Waals surface area (Å²) in [5, 5.41) is 13.4. The normalized spacial score (nSPS) is 17.7. The number of nitrogens with one attached hydrogen (secondary N) is 3. The molecule has 1 saturated carbocycles. The minimum absolute atomic E-state index is 0.0365. The van der Waals surface area contributed by atoms with Gasteiger partial charge >= 0.3 is 0 Å². The summed E-state index contributed by atoms with van der Waals surface area (Å²) >= 11 is 0. The van der Waals surface area contributed by atoms with Gasteiger partial charge in [-0.2, -0.15) is 4.98 Å². The first-order chi connectivity index (χ1) is 12.9. The third-order valence-corrected chi connectivity index (χ3v) is 4.99. The van der Waals surface area contributed by atoms with Gasteiger partial charge in [0.15, 0.2) is 5.82 Å². The Kier molecular flexibility index (Phi) is 8.22. The van der Waals surface area contributed by atoms with E-state index in [9.17, 15) is 9.59 Å². The lowest BCUT2D eigenvalue weighted by Gasteiger charge is -2.30. The molecule has 0 spiro atoms.